The lowest BCUT2D eigenvalue weighted by Crippen LogP contribution is -2.50. The molecule has 0 aliphatic carbocycles. The Labute approximate surface area is 171 Å². The Morgan fingerprint density at radius 3 is 2.69 bits per heavy atom. The molecule has 3 atom stereocenters. The van der Waals surface area contributed by atoms with Crippen LogP contribution < -0.4 is 10.2 Å². The molecule has 0 spiro atoms. The number of aliphatic hydroxyl groups excluding tert-OH is 1. The monoisotopic (exact) mass is 397 g/mol. The standard InChI is InChI=1S/C23H28FN3O2/c1-14(2)25-23(29)27-10-9-18-21(13-28)26(3)20-8-7-16(12-19(20)22(18)27)15-5-4-6-17(24)11-15/h4-8,11-12,14,18,21-22,28H,9-10,13H2,1-3H3,(H,25,29)/t18-,21-,22-/m0/s1. The van der Waals surface area contributed by atoms with Gasteiger partial charge in [-0.2, -0.15) is 0 Å². The average Bonchev–Trinajstić information content (AvgIpc) is 3.13. The molecule has 2 aromatic carbocycles. The maximum atomic E-state index is 13.8. The van der Waals surface area contributed by atoms with Crippen molar-refractivity contribution in [2.24, 2.45) is 5.92 Å². The van der Waals surface area contributed by atoms with Gasteiger partial charge >= 0.3 is 6.03 Å². The van der Waals surface area contributed by atoms with Gasteiger partial charge < -0.3 is 20.2 Å². The number of likely N-dealkylation sites (tertiary alicyclic amines) is 1. The summed E-state index contributed by atoms with van der Waals surface area (Å²) in [7, 11) is 1.99. The van der Waals surface area contributed by atoms with Crippen LogP contribution in [0.4, 0.5) is 14.9 Å². The van der Waals surface area contributed by atoms with Crippen LogP contribution in [0.2, 0.25) is 0 Å². The molecule has 2 amide bonds. The van der Waals surface area contributed by atoms with Crippen LogP contribution in [0, 0.1) is 11.7 Å². The van der Waals surface area contributed by atoms with E-state index in [4.69, 9.17) is 0 Å². The molecule has 0 unspecified atom stereocenters. The fourth-order valence-electron chi connectivity index (χ4n) is 4.86. The molecule has 29 heavy (non-hydrogen) atoms. The lowest BCUT2D eigenvalue weighted by molar-refractivity contribution is 0.159. The number of nitrogens with one attached hydrogen (secondary N) is 1. The summed E-state index contributed by atoms with van der Waals surface area (Å²) in [6, 6.07) is 12.5. The van der Waals surface area contributed by atoms with Gasteiger partial charge in [-0.3, -0.25) is 0 Å². The second kappa shape index (κ2) is 7.67. The second-order valence-electron chi connectivity index (χ2n) is 8.34. The van der Waals surface area contributed by atoms with Gasteiger partial charge in [0.05, 0.1) is 18.7 Å². The van der Waals surface area contributed by atoms with E-state index in [1.54, 1.807) is 6.07 Å². The molecule has 2 aliphatic rings. The fourth-order valence-corrected chi connectivity index (χ4v) is 4.86. The Morgan fingerprint density at radius 1 is 1.24 bits per heavy atom. The van der Waals surface area contributed by atoms with Crippen LogP contribution in [0.5, 0.6) is 0 Å². The van der Waals surface area contributed by atoms with Gasteiger partial charge in [-0.25, -0.2) is 9.18 Å². The number of carbonyl (C=O) groups excluding carboxylic acids is 1. The SMILES string of the molecule is CC(C)NC(=O)N1CC[C@@H]2[C@H]1c1cc(-c3cccc(F)c3)ccc1N(C)[C@H]2CO. The minimum atomic E-state index is -0.269. The number of aliphatic hydroxyl groups is 1. The number of hydrogen-bond acceptors (Lipinski definition) is 3. The van der Waals surface area contributed by atoms with Crippen molar-refractivity contribution in [2.75, 3.05) is 25.1 Å². The van der Waals surface area contributed by atoms with Gasteiger partial charge in [0, 0.05) is 31.2 Å². The minimum Gasteiger partial charge on any atom is -0.394 e. The van der Waals surface area contributed by atoms with E-state index in [0.29, 0.717) is 6.54 Å². The molecule has 2 aliphatic heterocycles. The number of hydrogen-bond donors (Lipinski definition) is 2. The van der Waals surface area contributed by atoms with Crippen LogP contribution >= 0.6 is 0 Å². The third-order valence-electron chi connectivity index (χ3n) is 6.18. The summed E-state index contributed by atoms with van der Waals surface area (Å²) in [4.78, 5) is 16.9. The smallest absolute Gasteiger partial charge is 0.318 e. The summed E-state index contributed by atoms with van der Waals surface area (Å²) < 4.78 is 13.8. The third-order valence-corrected chi connectivity index (χ3v) is 6.18. The number of rotatable bonds is 3. The third kappa shape index (κ3) is 3.46. The molecule has 1 saturated heterocycles. The van der Waals surface area contributed by atoms with E-state index in [1.165, 1.54) is 12.1 Å². The molecule has 2 aromatic rings. The summed E-state index contributed by atoms with van der Waals surface area (Å²) >= 11 is 0. The molecule has 0 aromatic heterocycles. The Hall–Kier alpha value is -2.60. The predicted molar refractivity (Wildman–Crippen MR) is 112 cm³/mol. The van der Waals surface area contributed by atoms with Gasteiger partial charge in [0.1, 0.15) is 5.82 Å². The van der Waals surface area contributed by atoms with Gasteiger partial charge in [-0.1, -0.05) is 18.2 Å². The Bertz CT molecular complexity index is 917. The van der Waals surface area contributed by atoms with Gasteiger partial charge in [0.15, 0.2) is 0 Å². The summed E-state index contributed by atoms with van der Waals surface area (Å²) in [5.41, 5.74) is 3.80. The molecule has 1 fully saturated rings. The molecular formula is C23H28FN3O2. The molecule has 6 heteroatoms. The average molecular weight is 397 g/mol. The largest absolute Gasteiger partial charge is 0.394 e. The van der Waals surface area contributed by atoms with Crippen LogP contribution in [0.25, 0.3) is 11.1 Å². The van der Waals surface area contributed by atoms with Crippen molar-refractivity contribution >= 4 is 11.7 Å². The number of benzene rings is 2. The Kier molecular flexibility index (Phi) is 5.21. The number of urea groups is 1. The first-order chi connectivity index (χ1) is 13.9. The van der Waals surface area contributed by atoms with Crippen molar-refractivity contribution in [3.05, 3.63) is 53.8 Å². The zero-order chi connectivity index (χ0) is 20.7. The number of carbonyl (C=O) groups is 1. The predicted octanol–water partition coefficient (Wildman–Crippen LogP) is 3.78. The zero-order valence-corrected chi connectivity index (χ0v) is 17.1. The molecule has 2 N–H and O–H groups in total. The van der Waals surface area contributed by atoms with E-state index >= 15 is 0 Å². The topological polar surface area (TPSA) is 55.8 Å². The van der Waals surface area contributed by atoms with Crippen molar-refractivity contribution in [1.29, 1.82) is 0 Å². The number of amides is 2. The highest BCUT2D eigenvalue weighted by Gasteiger charge is 2.47. The Balaban J connectivity index is 1.80. The number of fused-ring (bicyclic) bond motifs is 3. The van der Waals surface area contributed by atoms with Crippen molar-refractivity contribution in [2.45, 2.75) is 38.4 Å². The van der Waals surface area contributed by atoms with Crippen molar-refractivity contribution < 1.29 is 14.3 Å². The quantitative estimate of drug-likeness (QED) is 0.829. The summed E-state index contributed by atoms with van der Waals surface area (Å²) in [6.45, 7) is 4.60. The van der Waals surface area contributed by atoms with Gasteiger partial charge in [-0.05, 0) is 61.2 Å². The highest BCUT2D eigenvalue weighted by Crippen LogP contribution is 2.49. The van der Waals surface area contributed by atoms with Gasteiger partial charge in [0.2, 0.25) is 0 Å². The molecule has 0 saturated carbocycles. The lowest BCUT2D eigenvalue weighted by Gasteiger charge is -2.44. The highest BCUT2D eigenvalue weighted by atomic mass is 19.1. The molecule has 0 radical (unpaired) electrons. The summed E-state index contributed by atoms with van der Waals surface area (Å²) in [5.74, 6) is -0.118. The second-order valence-corrected chi connectivity index (χ2v) is 8.34. The van der Waals surface area contributed by atoms with Crippen LogP contribution in [0.3, 0.4) is 0 Å². The van der Waals surface area contributed by atoms with Crippen LogP contribution in [0.15, 0.2) is 42.5 Å². The maximum absolute atomic E-state index is 13.8. The highest BCUT2D eigenvalue weighted by molar-refractivity contribution is 5.77. The molecular weight excluding hydrogens is 369 g/mol. The van der Waals surface area contributed by atoms with Crippen LogP contribution in [-0.4, -0.2) is 48.3 Å². The maximum Gasteiger partial charge on any atom is 0.318 e. The van der Waals surface area contributed by atoms with E-state index in [-0.39, 0.29) is 42.5 Å². The van der Waals surface area contributed by atoms with Crippen LogP contribution in [0.1, 0.15) is 31.9 Å². The zero-order valence-electron chi connectivity index (χ0n) is 17.1. The van der Waals surface area contributed by atoms with E-state index in [0.717, 1.165) is 28.8 Å². The summed E-state index contributed by atoms with van der Waals surface area (Å²) in [5, 5.41) is 13.1. The Morgan fingerprint density at radius 2 is 2.00 bits per heavy atom. The molecule has 0 bridgehead atoms. The van der Waals surface area contributed by atoms with E-state index in [1.807, 2.05) is 44.0 Å². The van der Waals surface area contributed by atoms with Gasteiger partial charge in [0.25, 0.3) is 0 Å². The molecule has 2 heterocycles. The van der Waals surface area contributed by atoms with Crippen molar-refractivity contribution in [3.8, 4) is 11.1 Å². The summed E-state index contributed by atoms with van der Waals surface area (Å²) in [6.07, 6.45) is 0.843. The van der Waals surface area contributed by atoms with E-state index in [9.17, 15) is 14.3 Å². The number of anilines is 1. The molecule has 5 nitrogen and oxygen atoms in total. The first kappa shape index (κ1) is 19.7. The fraction of sp³-hybridized carbons (Fsp3) is 0.435. The first-order valence-corrected chi connectivity index (χ1v) is 10.2. The number of likely N-dealkylation sites (N-methyl/N-ethyl adjacent to an activating group) is 1. The number of halogens is 1. The van der Waals surface area contributed by atoms with Crippen molar-refractivity contribution in [1.82, 2.24) is 10.2 Å². The minimum absolute atomic E-state index is 0.0376. The number of nitrogens with zero attached hydrogens (tertiary/aromatic N) is 2. The van der Waals surface area contributed by atoms with Gasteiger partial charge in [-0.15, -0.1) is 0 Å². The van der Waals surface area contributed by atoms with E-state index in [2.05, 4.69) is 16.3 Å². The lowest BCUT2D eigenvalue weighted by atomic mass is 9.81. The first-order valence-electron chi connectivity index (χ1n) is 10.2. The van der Waals surface area contributed by atoms with Crippen LogP contribution in [-0.2, 0) is 0 Å². The molecule has 4 rings (SSSR count). The van der Waals surface area contributed by atoms with E-state index < -0.39 is 0 Å². The normalized spacial score (nSPS) is 23.2. The molecule has 154 valence electrons. The van der Waals surface area contributed by atoms with Crippen molar-refractivity contribution in [3.63, 3.8) is 0 Å².